The number of rotatable bonds is 0. The van der Waals surface area contributed by atoms with Crippen LogP contribution in [0.4, 0.5) is 0 Å². The molecule has 0 radical (unpaired) electrons. The first kappa shape index (κ1) is 17.9. The summed E-state index contributed by atoms with van der Waals surface area (Å²) in [5.74, 6) is 0.131. The lowest BCUT2D eigenvalue weighted by Gasteiger charge is -2.25. The lowest BCUT2D eigenvalue weighted by Crippen LogP contribution is -2.27. The summed E-state index contributed by atoms with van der Waals surface area (Å²) in [5, 5.41) is 10.4. The van der Waals surface area contributed by atoms with Crippen LogP contribution in [0.3, 0.4) is 0 Å². The lowest BCUT2D eigenvalue weighted by atomic mass is 9.81. The van der Waals surface area contributed by atoms with Crippen molar-refractivity contribution in [2.24, 2.45) is 5.92 Å². The fraction of sp³-hybridized carbons (Fsp3) is 0.571. The highest BCUT2D eigenvalue weighted by molar-refractivity contribution is 5.93. The Morgan fingerprint density at radius 1 is 0.957 bits per heavy atom. The number of ketones is 1. The minimum atomic E-state index is -0.468. The molecular formula is C21H30O2. The van der Waals surface area contributed by atoms with Gasteiger partial charge in [0.15, 0.2) is 5.78 Å². The summed E-state index contributed by atoms with van der Waals surface area (Å²) in [5.41, 5.74) is 4.93. The van der Waals surface area contributed by atoms with Crippen molar-refractivity contribution in [2.45, 2.75) is 71.8 Å². The largest absolute Gasteiger partial charge is 0.389 e. The Balaban J connectivity index is 2.20. The second kappa shape index (κ2) is 8.44. The van der Waals surface area contributed by atoms with Crippen molar-refractivity contribution in [3.63, 3.8) is 0 Å². The van der Waals surface area contributed by atoms with Crippen molar-refractivity contribution in [1.29, 1.82) is 0 Å². The summed E-state index contributed by atoms with van der Waals surface area (Å²) in [6.45, 7) is 6.45. The van der Waals surface area contributed by atoms with E-state index in [0.717, 1.165) is 37.7 Å². The number of hydrogen-bond acceptors (Lipinski definition) is 2. The van der Waals surface area contributed by atoms with E-state index < -0.39 is 6.10 Å². The van der Waals surface area contributed by atoms with Gasteiger partial charge < -0.3 is 5.11 Å². The highest BCUT2D eigenvalue weighted by Crippen LogP contribution is 2.29. The average Bonchev–Trinajstić information content (AvgIpc) is 2.48. The van der Waals surface area contributed by atoms with Crippen molar-refractivity contribution in [3.8, 4) is 0 Å². The Morgan fingerprint density at radius 3 is 2.26 bits per heavy atom. The minimum absolute atomic E-state index is 0.0559. The highest BCUT2D eigenvalue weighted by Gasteiger charge is 2.28. The van der Waals surface area contributed by atoms with E-state index in [1.165, 1.54) is 16.7 Å². The number of aliphatic hydroxyl groups excluding tert-OH is 1. The topological polar surface area (TPSA) is 37.3 Å². The van der Waals surface area contributed by atoms with Gasteiger partial charge in [0.25, 0.3) is 0 Å². The van der Waals surface area contributed by atoms with Crippen LogP contribution in [0.15, 0.2) is 46.6 Å². The molecule has 1 N–H and O–H groups in total. The Kier molecular flexibility index (Phi) is 6.59. The van der Waals surface area contributed by atoms with Gasteiger partial charge in [0.05, 0.1) is 6.10 Å². The number of aliphatic hydroxyl groups is 1. The van der Waals surface area contributed by atoms with E-state index in [1.807, 2.05) is 0 Å². The molecule has 0 saturated carbocycles. The van der Waals surface area contributed by atoms with Crippen molar-refractivity contribution in [1.82, 2.24) is 0 Å². The number of fused-ring (bicyclic) bond motifs is 10. The molecule has 0 aliphatic heterocycles. The van der Waals surface area contributed by atoms with E-state index >= 15 is 0 Å². The Morgan fingerprint density at radius 2 is 1.57 bits per heavy atom. The minimum Gasteiger partial charge on any atom is -0.389 e. The smallest absolute Gasteiger partial charge is 0.159 e. The van der Waals surface area contributed by atoms with E-state index in [1.54, 1.807) is 6.08 Å². The summed E-state index contributed by atoms with van der Waals surface area (Å²) in [6.07, 6.45) is 14.3. The van der Waals surface area contributed by atoms with Gasteiger partial charge in [0.2, 0.25) is 0 Å². The molecule has 0 amide bonds. The maximum Gasteiger partial charge on any atom is 0.159 e. The molecule has 0 fully saturated rings. The third-order valence-electron chi connectivity index (χ3n) is 4.98. The fourth-order valence-corrected chi connectivity index (χ4v) is 3.37. The van der Waals surface area contributed by atoms with Crippen LogP contribution < -0.4 is 0 Å². The van der Waals surface area contributed by atoms with Crippen LogP contribution in [0.1, 0.15) is 65.7 Å². The second-order valence-electron chi connectivity index (χ2n) is 7.21. The van der Waals surface area contributed by atoms with Crippen LogP contribution in [0.25, 0.3) is 0 Å². The summed E-state index contributed by atoms with van der Waals surface area (Å²) in [4.78, 5) is 12.3. The predicted octanol–water partition coefficient (Wildman–Crippen LogP) is 5.06. The third kappa shape index (κ3) is 5.62. The molecule has 2 heteroatoms. The molecule has 0 unspecified atom stereocenters. The number of allylic oxidation sites excluding steroid dienone is 7. The second-order valence-corrected chi connectivity index (χ2v) is 7.21. The Labute approximate surface area is 140 Å². The van der Waals surface area contributed by atoms with Gasteiger partial charge in [-0.25, -0.2) is 0 Å². The molecule has 2 nitrogen and oxygen atoms in total. The normalized spacial score (nSPS) is 34.7. The van der Waals surface area contributed by atoms with Crippen LogP contribution in [0.2, 0.25) is 0 Å². The number of carbonyl (C=O) groups excluding carboxylic acids is 1. The molecule has 0 aromatic rings. The fourth-order valence-electron chi connectivity index (χ4n) is 3.37. The van der Waals surface area contributed by atoms with Crippen molar-refractivity contribution >= 4 is 5.78 Å². The quantitative estimate of drug-likeness (QED) is 0.635. The SMILES string of the molecule is C/C1=C/CC2=CC(=O)[C@H](C/C(C)=C\CC/C(C)=C/CC1)C[C@@H]2O. The molecule has 23 heavy (non-hydrogen) atoms. The first-order valence-corrected chi connectivity index (χ1v) is 8.85. The zero-order valence-electron chi connectivity index (χ0n) is 14.8. The van der Waals surface area contributed by atoms with Crippen molar-refractivity contribution < 1.29 is 9.90 Å². The van der Waals surface area contributed by atoms with Gasteiger partial charge in [-0.2, -0.15) is 0 Å². The molecule has 0 aromatic carbocycles. The molecule has 3 rings (SSSR count). The van der Waals surface area contributed by atoms with Gasteiger partial charge in [-0.15, -0.1) is 0 Å². The molecule has 0 saturated heterocycles. The molecule has 0 aromatic heterocycles. The summed E-state index contributed by atoms with van der Waals surface area (Å²) >= 11 is 0. The standard InChI is InChI=1S/C21H30O2/c1-15-6-4-8-16(2)10-11-18-13-21(23)19(14-20(18)22)12-17(3)9-5-7-15/h6,9-10,13,19-20,22H,4-5,7-8,11-12,14H2,1-3H3/b15-6+,16-10-,17-9-/t19-,20+/m1/s1. The lowest BCUT2D eigenvalue weighted by molar-refractivity contribution is -0.119. The van der Waals surface area contributed by atoms with E-state index in [9.17, 15) is 9.90 Å². The van der Waals surface area contributed by atoms with Crippen molar-refractivity contribution in [3.05, 3.63) is 46.6 Å². The van der Waals surface area contributed by atoms with Gasteiger partial charge in [-0.1, -0.05) is 34.9 Å². The summed E-state index contributed by atoms with van der Waals surface area (Å²) in [7, 11) is 0. The molecule has 2 atom stereocenters. The van der Waals surface area contributed by atoms with Crippen LogP contribution in [-0.4, -0.2) is 17.0 Å². The maximum atomic E-state index is 12.3. The van der Waals surface area contributed by atoms with E-state index in [0.29, 0.717) is 12.8 Å². The van der Waals surface area contributed by atoms with Gasteiger partial charge >= 0.3 is 0 Å². The molecule has 0 spiro atoms. The van der Waals surface area contributed by atoms with Crippen molar-refractivity contribution in [2.75, 3.05) is 0 Å². The van der Waals surface area contributed by atoms with E-state index in [2.05, 4.69) is 39.0 Å². The van der Waals surface area contributed by atoms with Gasteiger partial charge in [0.1, 0.15) is 0 Å². The first-order chi connectivity index (χ1) is 11.0. The van der Waals surface area contributed by atoms with Crippen LogP contribution in [0.5, 0.6) is 0 Å². The van der Waals surface area contributed by atoms with Gasteiger partial charge in [0, 0.05) is 5.92 Å². The van der Waals surface area contributed by atoms with Crippen LogP contribution >= 0.6 is 0 Å². The van der Waals surface area contributed by atoms with Crippen LogP contribution in [-0.2, 0) is 4.79 Å². The maximum absolute atomic E-state index is 12.3. The Hall–Kier alpha value is -1.41. The highest BCUT2D eigenvalue weighted by atomic mass is 16.3. The van der Waals surface area contributed by atoms with E-state index in [-0.39, 0.29) is 11.7 Å². The molecule has 3 aliphatic carbocycles. The van der Waals surface area contributed by atoms with Gasteiger partial charge in [-0.3, -0.25) is 4.79 Å². The monoisotopic (exact) mass is 314 g/mol. The third-order valence-corrected chi connectivity index (χ3v) is 4.98. The zero-order chi connectivity index (χ0) is 16.8. The molecule has 0 heterocycles. The van der Waals surface area contributed by atoms with E-state index in [4.69, 9.17) is 0 Å². The molecule has 126 valence electrons. The van der Waals surface area contributed by atoms with Crippen LogP contribution in [0, 0.1) is 5.92 Å². The number of carbonyl (C=O) groups is 1. The number of hydrogen-bond donors (Lipinski definition) is 1. The average molecular weight is 314 g/mol. The molecular weight excluding hydrogens is 284 g/mol. The predicted molar refractivity (Wildman–Crippen MR) is 96.2 cm³/mol. The Bertz CT molecular complexity index is 560. The molecule has 3 aliphatic rings. The summed E-state index contributed by atoms with van der Waals surface area (Å²) < 4.78 is 0. The summed E-state index contributed by atoms with van der Waals surface area (Å²) in [6, 6.07) is 0. The van der Waals surface area contributed by atoms with Gasteiger partial charge in [-0.05, 0) is 77.4 Å². The molecule has 2 bridgehead atoms. The zero-order valence-corrected chi connectivity index (χ0v) is 14.8. The first-order valence-electron chi connectivity index (χ1n) is 8.85.